The Balaban J connectivity index is 0.00000784. The summed E-state index contributed by atoms with van der Waals surface area (Å²) in [5.41, 5.74) is 0.586. The van der Waals surface area contributed by atoms with E-state index in [1.54, 1.807) is 24.3 Å². The van der Waals surface area contributed by atoms with Crippen LogP contribution in [0.25, 0.3) is 0 Å². The molecule has 169 valence electrons. The van der Waals surface area contributed by atoms with Gasteiger partial charge in [0.05, 0.1) is 24.3 Å². The molecule has 0 fully saturated rings. The van der Waals surface area contributed by atoms with Crippen molar-refractivity contribution in [3.05, 3.63) is 35.4 Å². The molecule has 1 aromatic rings. The third-order valence-corrected chi connectivity index (χ3v) is 4.83. The van der Waals surface area contributed by atoms with Crippen molar-refractivity contribution in [1.82, 2.24) is 0 Å². The van der Waals surface area contributed by atoms with E-state index in [9.17, 15) is 9.59 Å². The summed E-state index contributed by atoms with van der Waals surface area (Å²) in [7, 11) is 0. The Morgan fingerprint density at radius 1 is 0.621 bits per heavy atom. The van der Waals surface area contributed by atoms with Crippen LogP contribution in [0.15, 0.2) is 24.3 Å². The second kappa shape index (κ2) is 18.7. The van der Waals surface area contributed by atoms with E-state index in [1.807, 2.05) is 0 Å². The summed E-state index contributed by atoms with van der Waals surface area (Å²) >= 11 is 0. The Kier molecular flexibility index (Phi) is 17.8. The van der Waals surface area contributed by atoms with Crippen LogP contribution in [0.3, 0.4) is 0 Å². The molecule has 0 bridgehead atoms. The van der Waals surface area contributed by atoms with E-state index in [0.29, 0.717) is 24.3 Å². The molecule has 1 aromatic carbocycles. The van der Waals surface area contributed by atoms with Crippen LogP contribution >= 0.6 is 0 Å². The van der Waals surface area contributed by atoms with E-state index < -0.39 is 11.9 Å². The van der Waals surface area contributed by atoms with Crippen LogP contribution in [-0.4, -0.2) is 25.2 Å². The van der Waals surface area contributed by atoms with Gasteiger partial charge in [0, 0.05) is 17.1 Å². The molecule has 29 heavy (non-hydrogen) atoms. The monoisotopic (exact) mass is 453 g/mol. The summed E-state index contributed by atoms with van der Waals surface area (Å²) in [6, 6.07) is 6.74. The zero-order valence-corrected chi connectivity index (χ0v) is 19.1. The van der Waals surface area contributed by atoms with Crippen molar-refractivity contribution in [2.45, 2.75) is 90.9 Å². The molecule has 5 heteroatoms. The van der Waals surface area contributed by atoms with Gasteiger partial charge in [-0.25, -0.2) is 9.59 Å². The van der Waals surface area contributed by atoms with Gasteiger partial charge in [-0.05, 0) is 25.0 Å². The average molecular weight is 454 g/mol. The van der Waals surface area contributed by atoms with Crippen LogP contribution < -0.4 is 0 Å². The summed E-state index contributed by atoms with van der Waals surface area (Å²) < 4.78 is 10.7. The summed E-state index contributed by atoms with van der Waals surface area (Å²) in [5.74, 6) is -0.888. The number of benzene rings is 1. The van der Waals surface area contributed by atoms with Crippen LogP contribution in [-0.2, 0) is 26.5 Å². The first-order chi connectivity index (χ1) is 13.7. The van der Waals surface area contributed by atoms with E-state index >= 15 is 0 Å². The van der Waals surface area contributed by atoms with Gasteiger partial charge in [0.1, 0.15) is 0 Å². The molecule has 0 aliphatic carbocycles. The SMILES string of the molecule is CCCCCCCCOC(=O)c1ccccc1C(=O)OCCCCCCCC.[Cu]. The predicted octanol–water partition coefficient (Wildman–Crippen LogP) is 6.72. The number of esters is 2. The van der Waals surface area contributed by atoms with Gasteiger partial charge in [-0.2, -0.15) is 0 Å². The van der Waals surface area contributed by atoms with Crippen molar-refractivity contribution in [3.8, 4) is 0 Å². The van der Waals surface area contributed by atoms with Crippen LogP contribution in [0.1, 0.15) is 112 Å². The van der Waals surface area contributed by atoms with Crippen LogP contribution in [0, 0.1) is 0 Å². The van der Waals surface area contributed by atoms with Gasteiger partial charge in [-0.1, -0.05) is 90.2 Å². The van der Waals surface area contributed by atoms with Gasteiger partial charge < -0.3 is 9.47 Å². The molecular formula is C24H38CuO4. The van der Waals surface area contributed by atoms with Gasteiger partial charge >= 0.3 is 11.9 Å². The fourth-order valence-electron chi connectivity index (χ4n) is 3.09. The molecule has 0 aromatic heterocycles. The normalized spacial score (nSPS) is 10.3. The maximum atomic E-state index is 12.4. The van der Waals surface area contributed by atoms with Crippen LogP contribution in [0.5, 0.6) is 0 Å². The summed E-state index contributed by atoms with van der Waals surface area (Å²) in [5, 5.41) is 0. The van der Waals surface area contributed by atoms with E-state index in [2.05, 4.69) is 13.8 Å². The molecule has 0 aliphatic heterocycles. The van der Waals surface area contributed by atoms with Crippen LogP contribution in [0.4, 0.5) is 0 Å². The molecule has 1 radical (unpaired) electrons. The fourth-order valence-corrected chi connectivity index (χ4v) is 3.09. The van der Waals surface area contributed by atoms with Gasteiger partial charge in [0.2, 0.25) is 0 Å². The standard InChI is InChI=1S/C24H38O4.Cu/c1-3-5-7-9-11-15-19-27-23(25)21-17-13-14-18-22(21)24(26)28-20-16-12-10-8-6-4-2;/h13-14,17-18H,3-12,15-16,19-20H2,1-2H3;. The summed E-state index contributed by atoms with van der Waals surface area (Å²) in [6.07, 6.45) is 13.6. The van der Waals surface area contributed by atoms with Gasteiger partial charge in [0.25, 0.3) is 0 Å². The number of carbonyl (C=O) groups is 2. The molecule has 1 rings (SSSR count). The first kappa shape index (κ1) is 27.7. The van der Waals surface area contributed by atoms with Crippen LogP contribution in [0.2, 0.25) is 0 Å². The van der Waals surface area contributed by atoms with Crippen molar-refractivity contribution in [2.75, 3.05) is 13.2 Å². The van der Waals surface area contributed by atoms with Crippen molar-refractivity contribution >= 4 is 11.9 Å². The molecule has 0 amide bonds. The van der Waals surface area contributed by atoms with Crippen molar-refractivity contribution < 1.29 is 36.1 Å². The number of hydrogen-bond acceptors (Lipinski definition) is 4. The number of ether oxygens (including phenoxy) is 2. The molecule has 0 saturated carbocycles. The molecule has 0 spiro atoms. The van der Waals surface area contributed by atoms with E-state index in [4.69, 9.17) is 9.47 Å². The summed E-state index contributed by atoms with van der Waals surface area (Å²) in [6.45, 7) is 5.17. The molecule has 0 unspecified atom stereocenters. The van der Waals surface area contributed by atoms with Crippen molar-refractivity contribution in [2.24, 2.45) is 0 Å². The Hall–Kier alpha value is -1.32. The molecule has 0 saturated heterocycles. The number of rotatable bonds is 16. The van der Waals surface area contributed by atoms with Gasteiger partial charge in [-0.15, -0.1) is 0 Å². The van der Waals surface area contributed by atoms with Gasteiger partial charge in [-0.3, -0.25) is 0 Å². The minimum absolute atomic E-state index is 0. The largest absolute Gasteiger partial charge is 0.462 e. The predicted molar refractivity (Wildman–Crippen MR) is 114 cm³/mol. The zero-order chi connectivity index (χ0) is 20.5. The van der Waals surface area contributed by atoms with E-state index in [0.717, 1.165) is 25.7 Å². The zero-order valence-electron chi connectivity index (χ0n) is 18.1. The quantitative estimate of drug-likeness (QED) is 0.158. The molecule has 0 N–H and O–H groups in total. The van der Waals surface area contributed by atoms with Crippen molar-refractivity contribution in [3.63, 3.8) is 0 Å². The molecular weight excluding hydrogens is 416 g/mol. The maximum Gasteiger partial charge on any atom is 0.339 e. The van der Waals surface area contributed by atoms with E-state index in [-0.39, 0.29) is 17.1 Å². The number of unbranched alkanes of at least 4 members (excludes halogenated alkanes) is 10. The number of hydrogen-bond donors (Lipinski definition) is 0. The average Bonchev–Trinajstić information content (AvgIpc) is 2.72. The third kappa shape index (κ3) is 12.8. The Labute approximate surface area is 187 Å². The molecule has 0 heterocycles. The Morgan fingerprint density at radius 2 is 0.966 bits per heavy atom. The smallest absolute Gasteiger partial charge is 0.339 e. The molecule has 4 nitrogen and oxygen atoms in total. The number of carbonyl (C=O) groups excluding carboxylic acids is 2. The summed E-state index contributed by atoms with van der Waals surface area (Å²) in [4.78, 5) is 24.7. The topological polar surface area (TPSA) is 52.6 Å². The third-order valence-electron chi connectivity index (χ3n) is 4.83. The van der Waals surface area contributed by atoms with Crippen molar-refractivity contribution in [1.29, 1.82) is 0 Å². The Bertz CT molecular complexity index is 511. The minimum atomic E-state index is -0.444. The molecule has 0 aliphatic rings. The Morgan fingerprint density at radius 3 is 1.34 bits per heavy atom. The van der Waals surface area contributed by atoms with Gasteiger partial charge in [0.15, 0.2) is 0 Å². The first-order valence-electron chi connectivity index (χ1n) is 11.1. The first-order valence-corrected chi connectivity index (χ1v) is 11.1. The molecule has 0 atom stereocenters. The van der Waals surface area contributed by atoms with E-state index in [1.165, 1.54) is 51.4 Å². The second-order valence-corrected chi connectivity index (χ2v) is 7.35. The fraction of sp³-hybridized carbons (Fsp3) is 0.667. The minimum Gasteiger partial charge on any atom is -0.462 e. The maximum absolute atomic E-state index is 12.4. The second-order valence-electron chi connectivity index (χ2n) is 7.35.